The summed E-state index contributed by atoms with van der Waals surface area (Å²) in [5.41, 5.74) is 2.76. The Kier molecular flexibility index (Phi) is 7.62. The third kappa shape index (κ3) is 5.40. The highest BCUT2D eigenvalue weighted by Crippen LogP contribution is 2.51. The summed E-state index contributed by atoms with van der Waals surface area (Å²) in [5.74, 6) is 1.69. The highest BCUT2D eigenvalue weighted by Gasteiger charge is 2.24. The van der Waals surface area contributed by atoms with Crippen LogP contribution in [0.4, 0.5) is 5.82 Å². The molecule has 0 atom stereocenters. The Morgan fingerprint density at radius 1 is 0.969 bits per heavy atom. The molecule has 0 radical (unpaired) electrons. The number of halogens is 1. The maximum atomic E-state index is 12.9. The molecule has 0 bridgehead atoms. The van der Waals surface area contributed by atoms with Gasteiger partial charge in [-0.15, -0.1) is 0 Å². The fourth-order valence-corrected chi connectivity index (χ4v) is 6.13. The van der Waals surface area contributed by atoms with Crippen molar-refractivity contribution in [1.82, 2.24) is 9.97 Å². The third-order valence-electron chi connectivity index (χ3n) is 5.53. The van der Waals surface area contributed by atoms with Gasteiger partial charge in [0.2, 0.25) is 0 Å². The van der Waals surface area contributed by atoms with Crippen molar-refractivity contribution in [2.24, 2.45) is 0 Å². The van der Waals surface area contributed by atoms with Crippen molar-refractivity contribution in [3.05, 3.63) is 52.5 Å². The Morgan fingerprint density at radius 3 is 2.31 bits per heavy atom. The molecule has 1 fully saturated rings. The number of nitrogens with zero attached hydrogens (tertiary/aromatic N) is 3. The van der Waals surface area contributed by atoms with Gasteiger partial charge in [-0.2, -0.15) is 0 Å². The van der Waals surface area contributed by atoms with Gasteiger partial charge in [-0.05, 0) is 56.9 Å². The van der Waals surface area contributed by atoms with Gasteiger partial charge < -0.3 is 13.9 Å². The summed E-state index contributed by atoms with van der Waals surface area (Å²) >= 11 is 3.59. The van der Waals surface area contributed by atoms with E-state index in [0.29, 0.717) is 19.0 Å². The molecule has 0 aliphatic carbocycles. The fourth-order valence-electron chi connectivity index (χ4n) is 4.07. The van der Waals surface area contributed by atoms with Crippen LogP contribution >= 0.6 is 23.5 Å². The Hall–Kier alpha value is -1.79. The minimum atomic E-state index is -3.13. The lowest BCUT2D eigenvalue weighted by molar-refractivity contribution is 0.219. The summed E-state index contributed by atoms with van der Waals surface area (Å²) < 4.78 is 24.7. The average molecular weight is 518 g/mol. The second-order valence-electron chi connectivity index (χ2n) is 7.88. The molecule has 1 aromatic heterocycles. The molecule has 170 valence electrons. The van der Waals surface area contributed by atoms with Crippen molar-refractivity contribution in [3.63, 3.8) is 0 Å². The number of rotatable bonds is 8. The molecule has 1 aliphatic rings. The molecule has 2 heterocycles. The topological polar surface area (TPSA) is 64.5 Å². The first-order chi connectivity index (χ1) is 15.5. The van der Waals surface area contributed by atoms with Crippen LogP contribution in [0.2, 0.25) is 0 Å². The molecule has 8 heteroatoms. The van der Waals surface area contributed by atoms with Crippen LogP contribution in [0.25, 0.3) is 22.3 Å². The molecular weight excluding hydrogens is 489 g/mol. The predicted octanol–water partition coefficient (Wildman–Crippen LogP) is 6.82. The number of hydrogen-bond acceptors (Lipinski definition) is 6. The van der Waals surface area contributed by atoms with Gasteiger partial charge >= 0.3 is 7.60 Å². The Bertz CT molecular complexity index is 1110. The molecule has 6 nitrogen and oxygen atoms in total. The van der Waals surface area contributed by atoms with E-state index in [1.807, 2.05) is 50.2 Å². The van der Waals surface area contributed by atoms with Crippen LogP contribution < -0.4 is 4.90 Å². The van der Waals surface area contributed by atoms with Gasteiger partial charge in [-0.25, -0.2) is 9.97 Å². The number of anilines is 1. The molecule has 0 unspecified atom stereocenters. The minimum absolute atomic E-state index is 0.251. The highest BCUT2D eigenvalue weighted by molar-refractivity contribution is 9.10. The van der Waals surface area contributed by atoms with Gasteiger partial charge in [0.05, 0.1) is 24.9 Å². The van der Waals surface area contributed by atoms with Crippen LogP contribution in [0.5, 0.6) is 0 Å². The number of hydrogen-bond donors (Lipinski definition) is 0. The Balaban J connectivity index is 1.67. The molecular formula is C24H29BrN3O3P. The first-order valence-electron chi connectivity index (χ1n) is 11.2. The SMILES string of the molecule is CCOP(=O)(Cc1ccc(-c2nc(N3CCCCC3)c3cc(Br)ccc3n2)cc1)OCC. The second-order valence-corrected chi connectivity index (χ2v) is 10.9. The molecule has 3 aromatic rings. The Morgan fingerprint density at radius 2 is 1.66 bits per heavy atom. The summed E-state index contributed by atoms with van der Waals surface area (Å²) in [5, 5.41) is 1.07. The molecule has 0 spiro atoms. The van der Waals surface area contributed by atoms with E-state index in [-0.39, 0.29) is 6.16 Å². The standard InChI is InChI=1S/C24H29BrN3O3P/c1-3-30-32(29,31-4-2)17-18-8-10-19(11-9-18)23-26-22-13-12-20(25)16-21(22)24(27-23)28-14-6-5-7-15-28/h8-13,16H,3-7,14-15,17H2,1-2H3. The molecule has 0 amide bonds. The van der Waals surface area contributed by atoms with E-state index in [9.17, 15) is 4.57 Å². The van der Waals surface area contributed by atoms with E-state index in [1.54, 1.807) is 0 Å². The average Bonchev–Trinajstić information content (AvgIpc) is 2.80. The zero-order valence-electron chi connectivity index (χ0n) is 18.6. The lowest BCUT2D eigenvalue weighted by Crippen LogP contribution is -2.30. The molecule has 4 rings (SSSR count). The van der Waals surface area contributed by atoms with Crippen LogP contribution in [-0.4, -0.2) is 36.3 Å². The van der Waals surface area contributed by atoms with Crippen molar-refractivity contribution in [2.45, 2.75) is 39.3 Å². The zero-order chi connectivity index (χ0) is 22.6. The summed E-state index contributed by atoms with van der Waals surface area (Å²) in [6.07, 6.45) is 3.89. The number of aromatic nitrogens is 2. The van der Waals surface area contributed by atoms with E-state index in [2.05, 4.69) is 26.9 Å². The van der Waals surface area contributed by atoms with Crippen molar-refractivity contribution in [1.29, 1.82) is 0 Å². The zero-order valence-corrected chi connectivity index (χ0v) is 21.1. The molecule has 2 aromatic carbocycles. The van der Waals surface area contributed by atoms with Crippen LogP contribution in [0, 0.1) is 0 Å². The van der Waals surface area contributed by atoms with E-state index < -0.39 is 7.60 Å². The summed E-state index contributed by atoms with van der Waals surface area (Å²) in [6, 6.07) is 14.0. The van der Waals surface area contributed by atoms with Crippen molar-refractivity contribution in [2.75, 3.05) is 31.2 Å². The van der Waals surface area contributed by atoms with Crippen molar-refractivity contribution in [3.8, 4) is 11.4 Å². The van der Waals surface area contributed by atoms with Crippen LogP contribution in [-0.2, 0) is 19.8 Å². The first-order valence-corrected chi connectivity index (χ1v) is 13.7. The number of benzene rings is 2. The lowest BCUT2D eigenvalue weighted by Gasteiger charge is -2.29. The molecule has 1 saturated heterocycles. The van der Waals surface area contributed by atoms with Crippen LogP contribution in [0.3, 0.4) is 0 Å². The first kappa shape index (κ1) is 23.4. The van der Waals surface area contributed by atoms with E-state index in [0.717, 1.165) is 45.4 Å². The van der Waals surface area contributed by atoms with Crippen molar-refractivity contribution < 1.29 is 13.6 Å². The molecule has 32 heavy (non-hydrogen) atoms. The van der Waals surface area contributed by atoms with E-state index in [4.69, 9.17) is 19.0 Å². The van der Waals surface area contributed by atoms with Gasteiger partial charge in [0, 0.05) is 28.5 Å². The maximum absolute atomic E-state index is 12.9. The van der Waals surface area contributed by atoms with Crippen LogP contribution in [0.1, 0.15) is 38.7 Å². The van der Waals surface area contributed by atoms with Crippen LogP contribution in [0.15, 0.2) is 46.9 Å². The van der Waals surface area contributed by atoms with Gasteiger partial charge in [0.1, 0.15) is 5.82 Å². The van der Waals surface area contributed by atoms with Crippen molar-refractivity contribution >= 4 is 40.2 Å². The lowest BCUT2D eigenvalue weighted by atomic mass is 10.1. The molecule has 0 N–H and O–H groups in total. The van der Waals surface area contributed by atoms with Gasteiger partial charge in [0.25, 0.3) is 0 Å². The summed E-state index contributed by atoms with van der Waals surface area (Å²) in [6.45, 7) is 6.39. The fraction of sp³-hybridized carbons (Fsp3) is 0.417. The summed E-state index contributed by atoms with van der Waals surface area (Å²) in [7, 11) is -3.13. The normalized spacial score (nSPS) is 14.8. The number of fused-ring (bicyclic) bond motifs is 1. The Labute approximate surface area is 198 Å². The quantitative estimate of drug-likeness (QED) is 0.305. The van der Waals surface area contributed by atoms with Gasteiger partial charge in [-0.3, -0.25) is 4.57 Å². The smallest absolute Gasteiger partial charge is 0.335 e. The second kappa shape index (κ2) is 10.4. The molecule has 0 saturated carbocycles. The van der Waals surface area contributed by atoms with Gasteiger partial charge in [0.15, 0.2) is 5.82 Å². The van der Waals surface area contributed by atoms with E-state index >= 15 is 0 Å². The maximum Gasteiger partial charge on any atom is 0.335 e. The minimum Gasteiger partial charge on any atom is -0.356 e. The van der Waals surface area contributed by atoms with Gasteiger partial charge in [-0.1, -0.05) is 40.2 Å². The third-order valence-corrected chi connectivity index (χ3v) is 8.08. The monoisotopic (exact) mass is 517 g/mol. The summed E-state index contributed by atoms with van der Waals surface area (Å²) in [4.78, 5) is 12.2. The predicted molar refractivity (Wildman–Crippen MR) is 133 cm³/mol. The molecule has 1 aliphatic heterocycles. The van der Waals surface area contributed by atoms with E-state index in [1.165, 1.54) is 19.3 Å². The largest absolute Gasteiger partial charge is 0.356 e. The highest BCUT2D eigenvalue weighted by atomic mass is 79.9. The number of piperidine rings is 1.